The van der Waals surface area contributed by atoms with Crippen LogP contribution in [0, 0.1) is 0 Å². The Labute approximate surface area is 77.5 Å². The summed E-state index contributed by atoms with van der Waals surface area (Å²) in [5, 5.41) is 0. The number of hydrogen-bond acceptors (Lipinski definition) is 4. The Morgan fingerprint density at radius 3 is 2.77 bits per heavy atom. The number of cyclic esters (lactones) is 1. The lowest BCUT2D eigenvalue weighted by Crippen LogP contribution is -2.39. The fraction of sp³-hybridized carbons (Fsp3) is 0.857. The van der Waals surface area contributed by atoms with Crippen molar-refractivity contribution < 1.29 is 17.9 Å². The van der Waals surface area contributed by atoms with Gasteiger partial charge in [-0.05, 0) is 6.42 Å². The van der Waals surface area contributed by atoms with E-state index >= 15 is 0 Å². The van der Waals surface area contributed by atoms with Gasteiger partial charge in [0.2, 0.25) is 10.0 Å². The lowest BCUT2D eigenvalue weighted by Gasteiger charge is -2.08. The second-order valence-corrected chi connectivity index (χ2v) is 4.82. The predicted molar refractivity (Wildman–Crippen MR) is 46.6 cm³/mol. The van der Waals surface area contributed by atoms with E-state index in [4.69, 9.17) is 0 Å². The summed E-state index contributed by atoms with van der Waals surface area (Å²) in [6, 6.07) is -0.670. The van der Waals surface area contributed by atoms with E-state index in [0.717, 1.165) is 0 Å². The maximum Gasteiger partial charge on any atom is 0.324 e. The summed E-state index contributed by atoms with van der Waals surface area (Å²) in [5.41, 5.74) is 0. The van der Waals surface area contributed by atoms with Gasteiger partial charge < -0.3 is 4.74 Å². The van der Waals surface area contributed by atoms with Crippen LogP contribution < -0.4 is 4.72 Å². The van der Waals surface area contributed by atoms with Crippen molar-refractivity contribution >= 4 is 16.0 Å². The predicted octanol–water partition coefficient (Wildman–Crippen LogP) is -0.369. The molecule has 1 N–H and O–H groups in total. The zero-order valence-corrected chi connectivity index (χ0v) is 8.26. The Hall–Kier alpha value is -0.620. The second kappa shape index (κ2) is 4.06. The van der Waals surface area contributed by atoms with Crippen molar-refractivity contribution in [1.82, 2.24) is 4.72 Å². The fourth-order valence-corrected chi connectivity index (χ4v) is 2.45. The molecule has 0 aliphatic carbocycles. The highest BCUT2D eigenvalue weighted by Gasteiger charge is 2.29. The number of rotatable bonds is 4. The maximum atomic E-state index is 11.2. The summed E-state index contributed by atoms with van der Waals surface area (Å²) in [7, 11) is -3.30. The van der Waals surface area contributed by atoms with Gasteiger partial charge in [0.15, 0.2) is 0 Å². The van der Waals surface area contributed by atoms with Crippen LogP contribution in [0.4, 0.5) is 0 Å². The smallest absolute Gasteiger partial charge is 0.324 e. The van der Waals surface area contributed by atoms with Crippen LogP contribution in [-0.4, -0.2) is 32.8 Å². The summed E-state index contributed by atoms with van der Waals surface area (Å²) in [4.78, 5) is 10.9. The monoisotopic (exact) mass is 207 g/mol. The molecule has 0 saturated carbocycles. The van der Waals surface area contributed by atoms with E-state index in [1.54, 1.807) is 6.92 Å². The first-order chi connectivity index (χ1) is 6.05. The average molecular weight is 207 g/mol. The van der Waals surface area contributed by atoms with Crippen LogP contribution in [-0.2, 0) is 19.6 Å². The molecule has 1 aliphatic rings. The summed E-state index contributed by atoms with van der Waals surface area (Å²) in [6.07, 6.45) is 0.971. The number of hydrogen-bond donors (Lipinski definition) is 1. The van der Waals surface area contributed by atoms with E-state index in [2.05, 4.69) is 9.46 Å². The Morgan fingerprint density at radius 2 is 2.31 bits per heavy atom. The van der Waals surface area contributed by atoms with E-state index in [1.165, 1.54) is 0 Å². The van der Waals surface area contributed by atoms with Gasteiger partial charge >= 0.3 is 5.97 Å². The third-order valence-electron chi connectivity index (χ3n) is 1.73. The minimum atomic E-state index is -3.30. The molecular formula is C7H13NO4S. The van der Waals surface area contributed by atoms with Crippen LogP contribution in [0.25, 0.3) is 0 Å². The molecule has 1 unspecified atom stereocenters. The zero-order chi connectivity index (χ0) is 9.90. The van der Waals surface area contributed by atoms with Gasteiger partial charge in [0.1, 0.15) is 6.04 Å². The van der Waals surface area contributed by atoms with Gasteiger partial charge in [-0.1, -0.05) is 6.92 Å². The molecule has 1 saturated heterocycles. The number of carbonyl (C=O) groups is 1. The van der Waals surface area contributed by atoms with Gasteiger partial charge in [-0.2, -0.15) is 0 Å². The molecule has 5 nitrogen and oxygen atoms in total. The van der Waals surface area contributed by atoms with E-state index in [1.807, 2.05) is 0 Å². The normalized spacial score (nSPS) is 23.2. The highest BCUT2D eigenvalue weighted by Crippen LogP contribution is 2.07. The van der Waals surface area contributed by atoms with Crippen molar-refractivity contribution in [3.05, 3.63) is 0 Å². The SMILES string of the molecule is CCCS(=O)(=O)NC1CCOC1=O. The molecule has 0 aromatic carbocycles. The van der Waals surface area contributed by atoms with Crippen molar-refractivity contribution in [1.29, 1.82) is 0 Å². The molecule has 1 fully saturated rings. The molecule has 0 radical (unpaired) electrons. The van der Waals surface area contributed by atoms with E-state index in [0.29, 0.717) is 19.4 Å². The molecule has 13 heavy (non-hydrogen) atoms. The molecular weight excluding hydrogens is 194 g/mol. The Kier molecular flexibility index (Phi) is 3.27. The Morgan fingerprint density at radius 1 is 1.62 bits per heavy atom. The van der Waals surface area contributed by atoms with Gasteiger partial charge in [0.05, 0.1) is 12.4 Å². The standard InChI is InChI=1S/C7H13NO4S/c1-2-5-13(10,11)8-6-3-4-12-7(6)9/h6,8H,2-5H2,1H3. The lowest BCUT2D eigenvalue weighted by atomic mass is 10.3. The first kappa shape index (κ1) is 10.5. The number of esters is 1. The van der Waals surface area contributed by atoms with Crippen molar-refractivity contribution in [3.8, 4) is 0 Å². The highest BCUT2D eigenvalue weighted by atomic mass is 32.2. The van der Waals surface area contributed by atoms with Crippen LogP contribution in [0.15, 0.2) is 0 Å². The molecule has 0 amide bonds. The Bertz CT molecular complexity index is 285. The topological polar surface area (TPSA) is 72.5 Å². The number of sulfonamides is 1. The quantitative estimate of drug-likeness (QED) is 0.638. The van der Waals surface area contributed by atoms with Gasteiger partial charge in [-0.15, -0.1) is 0 Å². The number of nitrogens with one attached hydrogen (secondary N) is 1. The number of ether oxygens (including phenoxy) is 1. The largest absolute Gasteiger partial charge is 0.464 e. The van der Waals surface area contributed by atoms with Crippen LogP contribution >= 0.6 is 0 Å². The molecule has 76 valence electrons. The minimum Gasteiger partial charge on any atom is -0.464 e. The molecule has 1 heterocycles. The molecule has 1 rings (SSSR count). The fourth-order valence-electron chi connectivity index (χ4n) is 1.15. The van der Waals surface area contributed by atoms with E-state index in [-0.39, 0.29) is 5.75 Å². The van der Waals surface area contributed by atoms with Crippen molar-refractivity contribution in [2.45, 2.75) is 25.8 Å². The van der Waals surface area contributed by atoms with Crippen LogP contribution in [0.5, 0.6) is 0 Å². The first-order valence-electron chi connectivity index (χ1n) is 4.22. The van der Waals surface area contributed by atoms with Gasteiger partial charge in [0.25, 0.3) is 0 Å². The van der Waals surface area contributed by atoms with Crippen molar-refractivity contribution in [2.24, 2.45) is 0 Å². The second-order valence-electron chi connectivity index (χ2n) is 2.95. The summed E-state index contributed by atoms with van der Waals surface area (Å²) < 4.78 is 29.4. The van der Waals surface area contributed by atoms with E-state index < -0.39 is 22.0 Å². The Balaban J connectivity index is 2.52. The molecule has 0 spiro atoms. The molecule has 1 atom stereocenters. The highest BCUT2D eigenvalue weighted by molar-refractivity contribution is 7.89. The maximum absolute atomic E-state index is 11.2. The lowest BCUT2D eigenvalue weighted by molar-refractivity contribution is -0.139. The summed E-state index contributed by atoms with van der Waals surface area (Å²) in [6.45, 7) is 2.07. The zero-order valence-electron chi connectivity index (χ0n) is 7.45. The molecule has 1 aliphatic heterocycles. The van der Waals surface area contributed by atoms with Crippen LogP contribution in [0.2, 0.25) is 0 Å². The van der Waals surface area contributed by atoms with Crippen LogP contribution in [0.1, 0.15) is 19.8 Å². The van der Waals surface area contributed by atoms with Crippen molar-refractivity contribution in [3.63, 3.8) is 0 Å². The molecule has 0 aromatic heterocycles. The third kappa shape index (κ3) is 2.96. The molecule has 6 heteroatoms. The van der Waals surface area contributed by atoms with Gasteiger partial charge in [-0.25, -0.2) is 13.1 Å². The van der Waals surface area contributed by atoms with Crippen LogP contribution in [0.3, 0.4) is 0 Å². The third-order valence-corrected chi connectivity index (χ3v) is 3.32. The van der Waals surface area contributed by atoms with E-state index in [9.17, 15) is 13.2 Å². The first-order valence-corrected chi connectivity index (χ1v) is 5.87. The minimum absolute atomic E-state index is 0.0524. The molecule has 0 aromatic rings. The average Bonchev–Trinajstić information content (AvgIpc) is 2.35. The van der Waals surface area contributed by atoms with Gasteiger partial charge in [0, 0.05) is 6.42 Å². The number of carbonyl (C=O) groups excluding carboxylic acids is 1. The van der Waals surface area contributed by atoms with Crippen molar-refractivity contribution in [2.75, 3.05) is 12.4 Å². The summed E-state index contributed by atoms with van der Waals surface area (Å²) in [5.74, 6) is -0.420. The summed E-state index contributed by atoms with van der Waals surface area (Å²) >= 11 is 0. The molecule has 0 bridgehead atoms. The van der Waals surface area contributed by atoms with Gasteiger partial charge in [-0.3, -0.25) is 4.79 Å².